The third-order valence-corrected chi connectivity index (χ3v) is 8.14. The molecule has 1 amide bonds. The number of likely N-dealkylation sites (N-methyl/N-ethyl adjacent to an activating group) is 1. The summed E-state index contributed by atoms with van der Waals surface area (Å²) >= 11 is 0. The average molecular weight is 545 g/mol. The standard InChI is InChI=1S/C26H28N2O11/c1-9-10-5-4-6-11(29)15(10)20(33)16-14(9)22(39-13(32)8-7-12(30)31)18-19(28(2)3)21(34)17(25(27)37)24(36)26(18,38)23(16)35/h4-6,9,14,16-19,22,29,38H,7-8H2,1-3H3,(H2,27,37)(H,30,31)/t9-,14+,16?,17?,18+,19-,22-,26-/m0/s1. The number of carbonyl (C=O) groups is 7. The zero-order valence-electron chi connectivity index (χ0n) is 21.3. The van der Waals surface area contributed by atoms with Crippen LogP contribution in [0.25, 0.3) is 0 Å². The number of aliphatic hydroxyl groups is 1. The summed E-state index contributed by atoms with van der Waals surface area (Å²) in [6.45, 7) is 1.60. The average Bonchev–Trinajstić information content (AvgIpc) is 2.84. The van der Waals surface area contributed by atoms with E-state index in [4.69, 9.17) is 15.6 Å². The van der Waals surface area contributed by atoms with Crippen LogP contribution in [0, 0.1) is 23.7 Å². The Labute approximate surface area is 221 Å². The van der Waals surface area contributed by atoms with E-state index in [-0.39, 0.29) is 5.56 Å². The second-order valence-corrected chi connectivity index (χ2v) is 10.5. The molecule has 8 atom stereocenters. The summed E-state index contributed by atoms with van der Waals surface area (Å²) in [6.07, 6.45) is -2.85. The number of carboxylic acid groups (broad SMARTS) is 1. The summed E-state index contributed by atoms with van der Waals surface area (Å²) in [6, 6.07) is 2.71. The van der Waals surface area contributed by atoms with Gasteiger partial charge in [-0.1, -0.05) is 19.1 Å². The number of carbonyl (C=O) groups excluding carboxylic acids is 6. The van der Waals surface area contributed by atoms with Crippen molar-refractivity contribution >= 4 is 41.0 Å². The molecule has 3 aliphatic carbocycles. The Kier molecular flexibility index (Phi) is 6.94. The lowest BCUT2D eigenvalue weighted by molar-refractivity contribution is -0.205. The summed E-state index contributed by atoms with van der Waals surface area (Å²) in [4.78, 5) is 92.0. The predicted octanol–water partition coefficient (Wildman–Crippen LogP) is -1.19. The number of carboxylic acids is 1. The molecule has 2 fully saturated rings. The molecular formula is C26H28N2O11. The van der Waals surface area contributed by atoms with Gasteiger partial charge in [-0.05, 0) is 31.6 Å². The lowest BCUT2D eigenvalue weighted by Crippen LogP contribution is -2.78. The molecule has 2 saturated carbocycles. The molecule has 13 nitrogen and oxygen atoms in total. The summed E-state index contributed by atoms with van der Waals surface area (Å²) in [5.41, 5.74) is 2.30. The third-order valence-electron chi connectivity index (χ3n) is 8.14. The number of nitrogens with two attached hydrogens (primary N) is 1. The normalized spacial score (nSPS) is 33.7. The van der Waals surface area contributed by atoms with Gasteiger partial charge in [0.05, 0.1) is 36.3 Å². The monoisotopic (exact) mass is 544 g/mol. The maximum Gasteiger partial charge on any atom is 0.306 e. The summed E-state index contributed by atoms with van der Waals surface area (Å²) in [7, 11) is 2.78. The predicted molar refractivity (Wildman–Crippen MR) is 128 cm³/mol. The van der Waals surface area contributed by atoms with Crippen LogP contribution in [0.2, 0.25) is 0 Å². The van der Waals surface area contributed by atoms with Gasteiger partial charge in [-0.2, -0.15) is 0 Å². The molecule has 0 aromatic heterocycles. The highest BCUT2D eigenvalue weighted by Gasteiger charge is 2.74. The van der Waals surface area contributed by atoms with E-state index in [2.05, 4.69) is 0 Å². The van der Waals surface area contributed by atoms with Gasteiger partial charge in [-0.3, -0.25) is 38.5 Å². The van der Waals surface area contributed by atoms with E-state index < -0.39 is 107 Å². The number of phenols is 1. The van der Waals surface area contributed by atoms with Gasteiger partial charge in [0.1, 0.15) is 11.9 Å². The number of primary amides is 1. The van der Waals surface area contributed by atoms with Crippen LogP contribution in [-0.2, 0) is 33.5 Å². The first-order valence-electron chi connectivity index (χ1n) is 12.2. The Hall–Kier alpha value is -3.97. The Morgan fingerprint density at radius 3 is 2.28 bits per heavy atom. The van der Waals surface area contributed by atoms with Gasteiger partial charge < -0.3 is 25.8 Å². The van der Waals surface area contributed by atoms with Gasteiger partial charge in [-0.25, -0.2) is 0 Å². The highest BCUT2D eigenvalue weighted by molar-refractivity contribution is 6.32. The number of nitrogens with zero attached hydrogens (tertiary/aromatic N) is 1. The second kappa shape index (κ2) is 9.65. The number of amides is 1. The molecule has 39 heavy (non-hydrogen) atoms. The van der Waals surface area contributed by atoms with Crippen molar-refractivity contribution < 1.29 is 53.6 Å². The molecule has 3 aliphatic rings. The first-order chi connectivity index (χ1) is 18.2. The largest absolute Gasteiger partial charge is 0.507 e. The van der Waals surface area contributed by atoms with E-state index in [0.717, 1.165) is 0 Å². The van der Waals surface area contributed by atoms with Crippen molar-refractivity contribution in [3.63, 3.8) is 0 Å². The number of Topliss-reactive ketones (excluding diaryl/α,β-unsaturated/α-hetero) is 4. The number of benzene rings is 1. The molecule has 1 aromatic rings. The minimum atomic E-state index is -3.14. The number of ketones is 4. The minimum absolute atomic E-state index is 0.201. The molecule has 0 spiro atoms. The SMILES string of the molecule is C[C@H]1c2cccc(O)c2C(=O)C2C(=O)[C@]3(O)C(=O)C(C(N)=O)C(=O)[C@@H](N(C)C)[C@@H]3[C@@H](OC(=O)CCC(=O)O)[C@@H]21. The molecule has 0 aliphatic heterocycles. The van der Waals surface area contributed by atoms with Crippen molar-refractivity contribution in [2.24, 2.45) is 29.4 Å². The molecule has 0 bridgehead atoms. The second-order valence-electron chi connectivity index (χ2n) is 10.5. The molecule has 0 heterocycles. The maximum atomic E-state index is 14.0. The summed E-state index contributed by atoms with van der Waals surface area (Å²) < 4.78 is 5.65. The van der Waals surface area contributed by atoms with Crippen molar-refractivity contribution in [2.75, 3.05) is 14.1 Å². The Balaban J connectivity index is 1.98. The Morgan fingerprint density at radius 2 is 1.72 bits per heavy atom. The number of aromatic hydroxyl groups is 1. The van der Waals surface area contributed by atoms with Crippen LogP contribution >= 0.6 is 0 Å². The van der Waals surface area contributed by atoms with Crippen LogP contribution in [0.5, 0.6) is 5.75 Å². The van der Waals surface area contributed by atoms with E-state index in [1.165, 1.54) is 37.2 Å². The molecule has 2 unspecified atom stereocenters. The molecule has 5 N–H and O–H groups in total. The first kappa shape index (κ1) is 28.0. The van der Waals surface area contributed by atoms with Crippen molar-refractivity contribution in [1.82, 2.24) is 4.90 Å². The first-order valence-corrected chi connectivity index (χ1v) is 12.2. The van der Waals surface area contributed by atoms with Crippen LogP contribution in [0.15, 0.2) is 18.2 Å². The topological polar surface area (TPSA) is 219 Å². The molecule has 1 aromatic carbocycles. The van der Waals surface area contributed by atoms with Crippen molar-refractivity contribution in [3.8, 4) is 5.75 Å². The fourth-order valence-corrected chi connectivity index (χ4v) is 6.49. The Morgan fingerprint density at radius 1 is 1.08 bits per heavy atom. The lowest BCUT2D eigenvalue weighted by Gasteiger charge is -2.56. The zero-order chi connectivity index (χ0) is 29.1. The lowest BCUT2D eigenvalue weighted by atomic mass is 9.49. The number of hydrogen-bond acceptors (Lipinski definition) is 11. The third kappa shape index (κ3) is 4.03. The quantitative estimate of drug-likeness (QED) is 0.245. The van der Waals surface area contributed by atoms with E-state index >= 15 is 0 Å². The van der Waals surface area contributed by atoms with Crippen LogP contribution in [0.4, 0.5) is 0 Å². The van der Waals surface area contributed by atoms with Gasteiger partial charge in [0.15, 0.2) is 34.7 Å². The number of esters is 1. The van der Waals surface area contributed by atoms with E-state index in [9.17, 15) is 43.8 Å². The number of hydrogen-bond donors (Lipinski definition) is 4. The Bertz CT molecular complexity index is 1320. The van der Waals surface area contributed by atoms with Crippen molar-refractivity contribution in [1.29, 1.82) is 0 Å². The summed E-state index contributed by atoms with van der Waals surface area (Å²) in [5, 5.41) is 31.3. The zero-order valence-corrected chi connectivity index (χ0v) is 21.3. The smallest absolute Gasteiger partial charge is 0.306 e. The van der Waals surface area contributed by atoms with E-state index in [1.807, 2.05) is 0 Å². The van der Waals surface area contributed by atoms with Gasteiger partial charge in [0.25, 0.3) is 0 Å². The van der Waals surface area contributed by atoms with Gasteiger partial charge in [-0.15, -0.1) is 0 Å². The van der Waals surface area contributed by atoms with Gasteiger partial charge in [0.2, 0.25) is 5.91 Å². The van der Waals surface area contributed by atoms with Crippen molar-refractivity contribution in [2.45, 2.75) is 43.4 Å². The molecule has 0 radical (unpaired) electrons. The van der Waals surface area contributed by atoms with Crippen LogP contribution < -0.4 is 5.73 Å². The number of ether oxygens (including phenoxy) is 1. The molecular weight excluding hydrogens is 516 g/mol. The highest BCUT2D eigenvalue weighted by Crippen LogP contribution is 2.55. The number of phenolic OH excluding ortho intramolecular Hbond substituents is 1. The van der Waals surface area contributed by atoms with Crippen LogP contribution in [0.3, 0.4) is 0 Å². The maximum absolute atomic E-state index is 14.0. The van der Waals surface area contributed by atoms with E-state index in [1.54, 1.807) is 6.92 Å². The molecule has 0 saturated heterocycles. The minimum Gasteiger partial charge on any atom is -0.507 e. The molecule has 4 rings (SSSR count). The van der Waals surface area contributed by atoms with Crippen LogP contribution in [-0.4, -0.2) is 93.0 Å². The fraction of sp³-hybridized carbons (Fsp3) is 0.500. The number of aliphatic carboxylic acids is 1. The van der Waals surface area contributed by atoms with Crippen molar-refractivity contribution in [3.05, 3.63) is 29.3 Å². The van der Waals surface area contributed by atoms with E-state index in [0.29, 0.717) is 5.56 Å². The number of rotatable bonds is 6. The molecule has 208 valence electrons. The molecule has 13 heteroatoms. The number of fused-ring (bicyclic) bond motifs is 3. The van der Waals surface area contributed by atoms with Crippen LogP contribution in [0.1, 0.15) is 41.6 Å². The fourth-order valence-electron chi connectivity index (χ4n) is 6.49. The summed E-state index contributed by atoms with van der Waals surface area (Å²) in [5.74, 6) is -16.7. The highest BCUT2D eigenvalue weighted by atomic mass is 16.5. The van der Waals surface area contributed by atoms with Gasteiger partial charge >= 0.3 is 11.9 Å². The van der Waals surface area contributed by atoms with Gasteiger partial charge in [0, 0.05) is 5.92 Å².